The molecule has 1 aromatic carbocycles. The monoisotopic (exact) mass is 277 g/mol. The first kappa shape index (κ1) is 16.0. The lowest BCUT2D eigenvalue weighted by molar-refractivity contribution is -0.125. The average molecular weight is 277 g/mol. The van der Waals surface area contributed by atoms with Gasteiger partial charge in [-0.2, -0.15) is 0 Å². The Morgan fingerprint density at radius 2 is 1.80 bits per heavy atom. The number of anilines is 1. The second kappa shape index (κ2) is 6.93. The molecule has 0 unspecified atom stereocenters. The lowest BCUT2D eigenvalue weighted by Gasteiger charge is -2.20. The summed E-state index contributed by atoms with van der Waals surface area (Å²) in [5.41, 5.74) is 6.06. The van der Waals surface area contributed by atoms with Crippen molar-refractivity contribution in [3.05, 3.63) is 29.8 Å². The normalized spacial score (nSPS) is 10.9. The van der Waals surface area contributed by atoms with E-state index >= 15 is 0 Å². The highest BCUT2D eigenvalue weighted by Crippen LogP contribution is 2.13. The van der Waals surface area contributed by atoms with Crippen LogP contribution >= 0.6 is 0 Å². The highest BCUT2D eigenvalue weighted by atomic mass is 16.2. The van der Waals surface area contributed by atoms with E-state index in [9.17, 15) is 9.59 Å². The summed E-state index contributed by atoms with van der Waals surface area (Å²) in [7, 11) is 0. The maximum atomic E-state index is 12.0. The molecule has 2 amide bonds. The smallest absolute Gasteiger partial charge is 0.251 e. The zero-order valence-corrected chi connectivity index (χ0v) is 12.3. The van der Waals surface area contributed by atoms with Crippen LogP contribution in [0.3, 0.4) is 0 Å². The van der Waals surface area contributed by atoms with Gasteiger partial charge in [0.05, 0.1) is 5.41 Å². The number of rotatable bonds is 7. The molecule has 0 fully saturated rings. The van der Waals surface area contributed by atoms with Crippen LogP contribution in [0.5, 0.6) is 0 Å². The molecule has 5 heteroatoms. The maximum absolute atomic E-state index is 12.0. The average Bonchev–Trinajstić information content (AvgIpc) is 2.43. The van der Waals surface area contributed by atoms with E-state index in [0.717, 1.165) is 18.7 Å². The Kier molecular flexibility index (Phi) is 5.55. The van der Waals surface area contributed by atoms with E-state index in [2.05, 4.69) is 17.6 Å². The van der Waals surface area contributed by atoms with E-state index in [4.69, 9.17) is 5.73 Å². The Labute approximate surface area is 119 Å². The fourth-order valence-corrected chi connectivity index (χ4v) is 1.50. The van der Waals surface area contributed by atoms with Crippen molar-refractivity contribution in [2.24, 2.45) is 11.1 Å². The Morgan fingerprint density at radius 3 is 2.30 bits per heavy atom. The molecule has 0 saturated heterocycles. The highest BCUT2D eigenvalue weighted by Gasteiger charge is 2.25. The van der Waals surface area contributed by atoms with Crippen LogP contribution in [0.15, 0.2) is 24.3 Å². The minimum Gasteiger partial charge on any atom is -0.385 e. The van der Waals surface area contributed by atoms with Crippen LogP contribution in [0.25, 0.3) is 0 Å². The minimum absolute atomic E-state index is 0.207. The van der Waals surface area contributed by atoms with Crippen LogP contribution < -0.4 is 16.4 Å². The van der Waals surface area contributed by atoms with Crippen LogP contribution in [0, 0.1) is 5.41 Å². The van der Waals surface area contributed by atoms with Gasteiger partial charge < -0.3 is 16.4 Å². The molecule has 110 valence electrons. The predicted molar refractivity (Wildman–Crippen MR) is 80.5 cm³/mol. The van der Waals surface area contributed by atoms with Gasteiger partial charge in [0.15, 0.2) is 0 Å². The largest absolute Gasteiger partial charge is 0.385 e. The van der Waals surface area contributed by atoms with E-state index in [1.807, 2.05) is 12.1 Å². The third kappa shape index (κ3) is 4.57. The summed E-state index contributed by atoms with van der Waals surface area (Å²) in [5.74, 6) is -0.640. The zero-order chi connectivity index (χ0) is 15.2. The molecule has 0 bridgehead atoms. The molecule has 0 spiro atoms. The van der Waals surface area contributed by atoms with E-state index in [0.29, 0.717) is 5.56 Å². The molecule has 5 nitrogen and oxygen atoms in total. The standard InChI is InChI=1S/C15H23N3O2/c1-4-9-17-12-7-5-11(6-8-12)13(19)18-10-15(2,3)14(16)20/h5-8,17H,4,9-10H2,1-3H3,(H2,16,20)(H,18,19). The first-order chi connectivity index (χ1) is 9.36. The van der Waals surface area contributed by atoms with Gasteiger partial charge in [0.1, 0.15) is 0 Å². The summed E-state index contributed by atoms with van der Waals surface area (Å²) in [6.07, 6.45) is 1.05. The highest BCUT2D eigenvalue weighted by molar-refractivity contribution is 5.95. The van der Waals surface area contributed by atoms with E-state index in [1.54, 1.807) is 26.0 Å². The third-order valence-electron chi connectivity index (χ3n) is 3.08. The molecule has 20 heavy (non-hydrogen) atoms. The summed E-state index contributed by atoms with van der Waals surface area (Å²) in [5, 5.41) is 5.96. The van der Waals surface area contributed by atoms with Crippen LogP contribution in [-0.2, 0) is 4.79 Å². The van der Waals surface area contributed by atoms with Crippen molar-refractivity contribution < 1.29 is 9.59 Å². The topological polar surface area (TPSA) is 84.2 Å². The molecular formula is C15H23N3O2. The number of carbonyl (C=O) groups excluding carboxylic acids is 2. The quantitative estimate of drug-likeness (QED) is 0.710. The molecule has 0 aromatic heterocycles. The fraction of sp³-hybridized carbons (Fsp3) is 0.467. The number of primary amides is 1. The predicted octanol–water partition coefficient (Wildman–Crippen LogP) is 1.75. The van der Waals surface area contributed by atoms with E-state index < -0.39 is 11.3 Å². The summed E-state index contributed by atoms with van der Waals surface area (Å²) in [6, 6.07) is 7.24. The Balaban J connectivity index is 2.58. The summed E-state index contributed by atoms with van der Waals surface area (Å²) in [4.78, 5) is 23.1. The van der Waals surface area contributed by atoms with Crippen LogP contribution in [0.1, 0.15) is 37.6 Å². The van der Waals surface area contributed by atoms with Crippen molar-refractivity contribution in [1.29, 1.82) is 0 Å². The van der Waals surface area contributed by atoms with Gasteiger partial charge in [-0.15, -0.1) is 0 Å². The molecule has 0 saturated carbocycles. The molecule has 0 aliphatic rings. The maximum Gasteiger partial charge on any atom is 0.251 e. The second-order valence-corrected chi connectivity index (χ2v) is 5.43. The number of hydrogen-bond acceptors (Lipinski definition) is 3. The number of benzene rings is 1. The van der Waals surface area contributed by atoms with Crippen LogP contribution in [-0.4, -0.2) is 24.9 Å². The van der Waals surface area contributed by atoms with Gasteiger partial charge in [0.2, 0.25) is 5.91 Å². The number of hydrogen-bond donors (Lipinski definition) is 3. The minimum atomic E-state index is -0.752. The third-order valence-corrected chi connectivity index (χ3v) is 3.08. The SMILES string of the molecule is CCCNc1ccc(C(=O)NCC(C)(C)C(N)=O)cc1. The molecule has 1 rings (SSSR count). The Hall–Kier alpha value is -2.04. The molecule has 0 aliphatic heterocycles. The number of nitrogens with one attached hydrogen (secondary N) is 2. The van der Waals surface area contributed by atoms with Gasteiger partial charge in [0.25, 0.3) is 5.91 Å². The molecule has 4 N–H and O–H groups in total. The van der Waals surface area contributed by atoms with Crippen molar-refractivity contribution in [2.75, 3.05) is 18.4 Å². The second-order valence-electron chi connectivity index (χ2n) is 5.43. The first-order valence-corrected chi connectivity index (χ1v) is 6.79. The van der Waals surface area contributed by atoms with Gasteiger partial charge in [-0.3, -0.25) is 9.59 Å². The lowest BCUT2D eigenvalue weighted by Crippen LogP contribution is -2.42. The van der Waals surface area contributed by atoms with Gasteiger partial charge in [-0.1, -0.05) is 6.92 Å². The van der Waals surface area contributed by atoms with Crippen LogP contribution in [0.2, 0.25) is 0 Å². The van der Waals surface area contributed by atoms with Crippen molar-refractivity contribution >= 4 is 17.5 Å². The number of amides is 2. The van der Waals surface area contributed by atoms with Gasteiger partial charge >= 0.3 is 0 Å². The summed E-state index contributed by atoms with van der Waals surface area (Å²) in [6.45, 7) is 6.62. The molecule has 0 radical (unpaired) electrons. The summed E-state index contributed by atoms with van der Waals surface area (Å²) >= 11 is 0. The van der Waals surface area contributed by atoms with Crippen molar-refractivity contribution in [1.82, 2.24) is 5.32 Å². The lowest BCUT2D eigenvalue weighted by atomic mass is 9.92. The van der Waals surface area contributed by atoms with Crippen molar-refractivity contribution in [3.8, 4) is 0 Å². The molecule has 0 atom stereocenters. The van der Waals surface area contributed by atoms with Gasteiger partial charge in [-0.25, -0.2) is 0 Å². The van der Waals surface area contributed by atoms with Crippen molar-refractivity contribution in [2.45, 2.75) is 27.2 Å². The molecule has 0 heterocycles. The van der Waals surface area contributed by atoms with Crippen molar-refractivity contribution in [3.63, 3.8) is 0 Å². The van der Waals surface area contributed by atoms with Gasteiger partial charge in [-0.05, 0) is 44.5 Å². The summed E-state index contributed by atoms with van der Waals surface area (Å²) < 4.78 is 0. The fourth-order valence-electron chi connectivity index (χ4n) is 1.50. The molecule has 1 aromatic rings. The Morgan fingerprint density at radius 1 is 1.20 bits per heavy atom. The molecule has 0 aliphatic carbocycles. The van der Waals surface area contributed by atoms with E-state index in [1.165, 1.54) is 0 Å². The van der Waals surface area contributed by atoms with Gasteiger partial charge in [0, 0.05) is 24.3 Å². The number of nitrogens with two attached hydrogens (primary N) is 1. The van der Waals surface area contributed by atoms with E-state index in [-0.39, 0.29) is 12.5 Å². The first-order valence-electron chi connectivity index (χ1n) is 6.79. The zero-order valence-electron chi connectivity index (χ0n) is 12.3. The molecular weight excluding hydrogens is 254 g/mol. The van der Waals surface area contributed by atoms with Crippen LogP contribution in [0.4, 0.5) is 5.69 Å². The number of carbonyl (C=O) groups is 2. The Bertz CT molecular complexity index is 467.